The van der Waals surface area contributed by atoms with Gasteiger partial charge in [0, 0.05) is 0 Å². The Kier molecular flexibility index (Phi) is 3.92. The molecule has 0 saturated heterocycles. The number of aromatic nitrogens is 2. The minimum Gasteiger partial charge on any atom is -0.279 e. The summed E-state index contributed by atoms with van der Waals surface area (Å²) in [4.78, 5) is 0.171. The van der Waals surface area contributed by atoms with Crippen LogP contribution < -0.4 is 4.72 Å². The van der Waals surface area contributed by atoms with Gasteiger partial charge in [-0.15, -0.1) is 0 Å². The van der Waals surface area contributed by atoms with Crippen LogP contribution >= 0.6 is 0 Å². The highest BCUT2D eigenvalue weighted by Gasteiger charge is 2.21. The molecule has 0 unspecified atom stereocenters. The summed E-state index contributed by atoms with van der Waals surface area (Å²) in [5.41, 5.74) is 2.70. The molecule has 1 aromatic heterocycles. The fourth-order valence-electron chi connectivity index (χ4n) is 2.31. The highest BCUT2D eigenvalue weighted by Crippen LogP contribution is 2.22. The first-order valence-corrected chi connectivity index (χ1v) is 8.66. The van der Waals surface area contributed by atoms with Gasteiger partial charge in [0.2, 0.25) is 0 Å². The molecule has 0 spiro atoms. The minimum absolute atomic E-state index is 0.171. The molecule has 0 saturated carbocycles. The third kappa shape index (κ3) is 3.12. The van der Waals surface area contributed by atoms with Crippen LogP contribution in [0.2, 0.25) is 0 Å². The van der Waals surface area contributed by atoms with Crippen molar-refractivity contribution >= 4 is 15.7 Å². The first kappa shape index (κ1) is 15.3. The zero-order valence-corrected chi connectivity index (χ0v) is 13.7. The van der Waals surface area contributed by atoms with Crippen molar-refractivity contribution in [3.8, 4) is 5.69 Å². The summed E-state index contributed by atoms with van der Waals surface area (Å²) in [6.45, 7) is 3.55. The van der Waals surface area contributed by atoms with E-state index in [1.807, 2.05) is 49.4 Å². The predicted octanol–water partition coefficient (Wildman–Crippen LogP) is 3.29. The van der Waals surface area contributed by atoms with E-state index >= 15 is 0 Å². The van der Waals surface area contributed by atoms with Crippen molar-refractivity contribution in [3.63, 3.8) is 0 Å². The molecule has 0 bridgehead atoms. The van der Waals surface area contributed by atoms with Crippen LogP contribution in [0.3, 0.4) is 0 Å². The van der Waals surface area contributed by atoms with Gasteiger partial charge in [-0.2, -0.15) is 5.10 Å². The van der Waals surface area contributed by atoms with Gasteiger partial charge in [0.25, 0.3) is 10.0 Å². The Hall–Kier alpha value is -2.60. The Balaban J connectivity index is 1.98. The normalized spacial score (nSPS) is 11.4. The Bertz CT molecular complexity index is 931. The van der Waals surface area contributed by atoms with Gasteiger partial charge >= 0.3 is 0 Å². The number of anilines is 1. The fourth-order valence-corrected chi connectivity index (χ4v) is 3.61. The number of benzene rings is 2. The van der Waals surface area contributed by atoms with Crippen LogP contribution in [0.25, 0.3) is 5.69 Å². The van der Waals surface area contributed by atoms with Gasteiger partial charge in [0.05, 0.1) is 23.3 Å². The van der Waals surface area contributed by atoms with E-state index in [4.69, 9.17) is 0 Å². The van der Waals surface area contributed by atoms with E-state index in [1.165, 1.54) is 6.20 Å². The third-order valence-corrected chi connectivity index (χ3v) is 5.02. The fraction of sp³-hybridized carbons (Fsp3) is 0.118. The average molecular weight is 327 g/mol. The Labute approximate surface area is 135 Å². The van der Waals surface area contributed by atoms with Gasteiger partial charge in [-0.3, -0.25) is 4.72 Å². The van der Waals surface area contributed by atoms with Gasteiger partial charge in [-0.05, 0) is 37.6 Å². The highest BCUT2D eigenvalue weighted by atomic mass is 32.2. The van der Waals surface area contributed by atoms with Gasteiger partial charge in [-0.1, -0.05) is 36.4 Å². The largest absolute Gasteiger partial charge is 0.279 e. The second-order valence-corrected chi connectivity index (χ2v) is 6.93. The molecule has 3 aromatic rings. The molecule has 2 aromatic carbocycles. The number of nitrogens with one attached hydrogen (secondary N) is 1. The zero-order chi connectivity index (χ0) is 16.4. The molecule has 1 heterocycles. The summed E-state index contributed by atoms with van der Waals surface area (Å²) in [6.07, 6.45) is 1.53. The smallest absolute Gasteiger partial charge is 0.265 e. The lowest BCUT2D eigenvalue weighted by Gasteiger charge is -2.09. The molecule has 0 aliphatic rings. The summed E-state index contributed by atoms with van der Waals surface area (Å²) >= 11 is 0. The lowest BCUT2D eigenvalue weighted by Crippen LogP contribution is -2.14. The van der Waals surface area contributed by atoms with Crippen molar-refractivity contribution in [1.82, 2.24) is 9.78 Å². The number of hydrogen-bond donors (Lipinski definition) is 1. The van der Waals surface area contributed by atoms with Crippen molar-refractivity contribution in [2.45, 2.75) is 18.7 Å². The molecule has 1 N–H and O–H groups in total. The first-order chi connectivity index (χ1) is 11.0. The maximum atomic E-state index is 12.7. The maximum absolute atomic E-state index is 12.7. The highest BCUT2D eigenvalue weighted by molar-refractivity contribution is 7.92. The van der Waals surface area contributed by atoms with E-state index in [2.05, 4.69) is 9.82 Å². The second-order valence-electron chi connectivity index (χ2n) is 5.28. The molecular weight excluding hydrogens is 310 g/mol. The Morgan fingerprint density at radius 1 is 0.957 bits per heavy atom. The van der Waals surface area contributed by atoms with E-state index in [-0.39, 0.29) is 4.90 Å². The number of nitrogens with zero attached hydrogens (tertiary/aromatic N) is 2. The lowest BCUT2D eigenvalue weighted by molar-refractivity contribution is 0.600. The van der Waals surface area contributed by atoms with Crippen LogP contribution in [0.5, 0.6) is 0 Å². The topological polar surface area (TPSA) is 64.0 Å². The molecule has 0 amide bonds. The zero-order valence-electron chi connectivity index (χ0n) is 12.9. The number of hydrogen-bond acceptors (Lipinski definition) is 3. The van der Waals surface area contributed by atoms with Crippen LogP contribution in [0.15, 0.2) is 65.7 Å². The monoisotopic (exact) mass is 327 g/mol. The van der Waals surface area contributed by atoms with E-state index in [1.54, 1.807) is 23.7 Å². The molecule has 0 fully saturated rings. The molecule has 5 nitrogen and oxygen atoms in total. The van der Waals surface area contributed by atoms with Gasteiger partial charge in [-0.25, -0.2) is 13.1 Å². The molecule has 23 heavy (non-hydrogen) atoms. The maximum Gasteiger partial charge on any atom is 0.265 e. The summed E-state index contributed by atoms with van der Waals surface area (Å²) in [5, 5.41) is 4.31. The molecule has 3 rings (SSSR count). The third-order valence-electron chi connectivity index (χ3n) is 3.55. The van der Waals surface area contributed by atoms with Crippen molar-refractivity contribution in [2.24, 2.45) is 0 Å². The van der Waals surface area contributed by atoms with E-state index < -0.39 is 10.0 Å². The van der Waals surface area contributed by atoms with Crippen LogP contribution in [-0.2, 0) is 10.0 Å². The quantitative estimate of drug-likeness (QED) is 0.800. The second kappa shape index (κ2) is 5.89. The van der Waals surface area contributed by atoms with Gasteiger partial charge in [0.1, 0.15) is 4.90 Å². The van der Waals surface area contributed by atoms with Crippen molar-refractivity contribution < 1.29 is 8.42 Å². The molecule has 118 valence electrons. The van der Waals surface area contributed by atoms with Crippen molar-refractivity contribution in [1.29, 1.82) is 0 Å². The number of aryl methyl sites for hydroxylation is 2. The summed E-state index contributed by atoms with van der Waals surface area (Å²) in [5.74, 6) is 0. The molecule has 6 heteroatoms. The number of para-hydroxylation sites is 2. The van der Waals surface area contributed by atoms with E-state index in [9.17, 15) is 8.42 Å². The first-order valence-electron chi connectivity index (χ1n) is 7.17. The SMILES string of the molecule is Cc1ccccc1NS(=O)(=O)c1cn(-c2ccccc2)nc1C. The molecule has 0 aliphatic heterocycles. The lowest BCUT2D eigenvalue weighted by atomic mass is 10.2. The molecule has 0 atom stereocenters. The number of rotatable bonds is 4. The average Bonchev–Trinajstić information content (AvgIpc) is 2.93. The minimum atomic E-state index is -3.69. The molecule has 0 aliphatic carbocycles. The number of sulfonamides is 1. The summed E-state index contributed by atoms with van der Waals surface area (Å²) < 4.78 is 29.5. The van der Waals surface area contributed by atoms with Crippen LogP contribution in [0.4, 0.5) is 5.69 Å². The summed E-state index contributed by atoms with van der Waals surface area (Å²) in [6, 6.07) is 16.7. The summed E-state index contributed by atoms with van der Waals surface area (Å²) in [7, 11) is -3.69. The van der Waals surface area contributed by atoms with Crippen molar-refractivity contribution in [3.05, 3.63) is 72.1 Å². The van der Waals surface area contributed by atoms with Gasteiger partial charge in [0.15, 0.2) is 0 Å². The van der Waals surface area contributed by atoms with E-state index in [0.717, 1.165) is 11.3 Å². The van der Waals surface area contributed by atoms with Crippen LogP contribution in [-0.4, -0.2) is 18.2 Å². The van der Waals surface area contributed by atoms with Crippen LogP contribution in [0.1, 0.15) is 11.3 Å². The predicted molar refractivity (Wildman–Crippen MR) is 90.3 cm³/mol. The Morgan fingerprint density at radius 3 is 2.30 bits per heavy atom. The Morgan fingerprint density at radius 2 is 1.61 bits per heavy atom. The molecule has 0 radical (unpaired) electrons. The van der Waals surface area contributed by atoms with Crippen LogP contribution in [0, 0.1) is 13.8 Å². The standard InChI is InChI=1S/C17H17N3O2S/c1-13-8-6-7-11-16(13)19-23(21,22)17-12-20(18-14(17)2)15-9-4-3-5-10-15/h3-12,19H,1-2H3. The van der Waals surface area contributed by atoms with E-state index in [0.29, 0.717) is 11.4 Å². The van der Waals surface area contributed by atoms with Gasteiger partial charge < -0.3 is 0 Å². The molecular formula is C17H17N3O2S. The van der Waals surface area contributed by atoms with Crippen molar-refractivity contribution in [2.75, 3.05) is 4.72 Å².